The summed E-state index contributed by atoms with van der Waals surface area (Å²) in [5.41, 5.74) is 1.84. The molecule has 0 spiro atoms. The molecule has 4 aromatic rings. The van der Waals surface area contributed by atoms with Crippen molar-refractivity contribution in [3.63, 3.8) is 0 Å². The number of imidazole rings is 1. The first kappa shape index (κ1) is 26.5. The van der Waals surface area contributed by atoms with Gasteiger partial charge in [0, 0.05) is 24.9 Å². The fourth-order valence-corrected chi connectivity index (χ4v) is 5.51. The maximum absolute atomic E-state index is 14.6. The number of rotatable bonds is 8. The Morgan fingerprint density at radius 1 is 1.00 bits per heavy atom. The lowest BCUT2D eigenvalue weighted by Crippen LogP contribution is -2.35. The summed E-state index contributed by atoms with van der Waals surface area (Å²) in [5.74, 6) is -3.19. The number of fused-ring (bicyclic) bond motifs is 1. The van der Waals surface area contributed by atoms with Crippen molar-refractivity contribution in [2.24, 2.45) is 5.92 Å². The third-order valence-corrected chi connectivity index (χ3v) is 7.37. The van der Waals surface area contributed by atoms with Crippen LogP contribution >= 0.6 is 0 Å². The van der Waals surface area contributed by atoms with Crippen LogP contribution in [-0.4, -0.2) is 33.6 Å². The Labute approximate surface area is 224 Å². The first-order chi connectivity index (χ1) is 18.9. The molecule has 0 aliphatic heterocycles. The van der Waals surface area contributed by atoms with E-state index in [1.807, 2.05) is 30.3 Å². The van der Waals surface area contributed by atoms with Gasteiger partial charge >= 0.3 is 5.97 Å². The van der Waals surface area contributed by atoms with Gasteiger partial charge in [0.05, 0.1) is 16.6 Å². The highest BCUT2D eigenvalue weighted by atomic mass is 19.2. The largest absolute Gasteiger partial charge is 0.478 e. The Morgan fingerprint density at radius 2 is 1.67 bits per heavy atom. The molecule has 0 bridgehead atoms. The van der Waals surface area contributed by atoms with Gasteiger partial charge in [-0.1, -0.05) is 49.6 Å². The third-order valence-electron chi connectivity index (χ3n) is 7.37. The summed E-state index contributed by atoms with van der Waals surface area (Å²) < 4.78 is 36.5. The topological polar surface area (TPSA) is 93.5 Å². The minimum Gasteiger partial charge on any atom is -0.478 e. The van der Waals surface area contributed by atoms with Gasteiger partial charge in [-0.2, -0.15) is 0 Å². The highest BCUT2D eigenvalue weighted by Crippen LogP contribution is 2.39. The normalized spacial score (nSPS) is 15.7. The fraction of sp³-hybridized carbons (Fsp3) is 0.300. The van der Waals surface area contributed by atoms with Crippen molar-refractivity contribution in [2.45, 2.75) is 44.2 Å². The van der Waals surface area contributed by atoms with Gasteiger partial charge in [0.1, 0.15) is 18.0 Å². The number of benzene rings is 3. The van der Waals surface area contributed by atoms with Crippen LogP contribution in [0.5, 0.6) is 0 Å². The molecule has 3 aromatic carbocycles. The number of carbonyl (C=O) groups is 2. The van der Waals surface area contributed by atoms with Crippen LogP contribution in [-0.2, 0) is 9.53 Å². The molecule has 1 amide bonds. The molecule has 2 atom stereocenters. The Balaban J connectivity index is 1.66. The van der Waals surface area contributed by atoms with E-state index in [2.05, 4.69) is 10.3 Å². The van der Waals surface area contributed by atoms with Crippen LogP contribution in [0.3, 0.4) is 0 Å². The number of halogens is 2. The van der Waals surface area contributed by atoms with Crippen LogP contribution in [0.1, 0.15) is 66.0 Å². The maximum atomic E-state index is 14.6. The Morgan fingerprint density at radius 3 is 2.31 bits per heavy atom. The Hall–Kier alpha value is -4.11. The monoisotopic (exact) mass is 533 g/mol. The number of aromatic carboxylic acids is 1. The van der Waals surface area contributed by atoms with E-state index >= 15 is 0 Å². The molecule has 7 nitrogen and oxygen atoms in total. The van der Waals surface area contributed by atoms with Gasteiger partial charge in [-0.15, -0.1) is 0 Å². The molecular weight excluding hydrogens is 504 g/mol. The predicted octanol–water partition coefficient (Wildman–Crippen LogP) is 6.51. The van der Waals surface area contributed by atoms with E-state index in [0.29, 0.717) is 17.0 Å². The minimum absolute atomic E-state index is 0.0883. The van der Waals surface area contributed by atoms with Crippen LogP contribution in [0.25, 0.3) is 11.0 Å². The summed E-state index contributed by atoms with van der Waals surface area (Å²) in [5, 5.41) is 12.1. The van der Waals surface area contributed by atoms with Crippen molar-refractivity contribution in [3.8, 4) is 0 Å². The molecule has 39 heavy (non-hydrogen) atoms. The summed E-state index contributed by atoms with van der Waals surface area (Å²) in [6.45, 7) is 0. The molecule has 1 aliphatic carbocycles. The average molecular weight is 534 g/mol. The number of hydrogen-bond acceptors (Lipinski definition) is 4. The van der Waals surface area contributed by atoms with E-state index in [0.717, 1.165) is 49.8 Å². The average Bonchev–Trinajstić information content (AvgIpc) is 3.28. The van der Waals surface area contributed by atoms with Crippen LogP contribution < -0.4 is 5.32 Å². The zero-order valence-corrected chi connectivity index (χ0v) is 21.4. The molecule has 1 saturated carbocycles. The van der Waals surface area contributed by atoms with Gasteiger partial charge in [-0.25, -0.2) is 18.6 Å². The van der Waals surface area contributed by atoms with E-state index in [4.69, 9.17) is 4.74 Å². The number of aromatic nitrogens is 2. The molecule has 202 valence electrons. The molecule has 2 unspecified atom stereocenters. The van der Waals surface area contributed by atoms with E-state index < -0.39 is 29.7 Å². The van der Waals surface area contributed by atoms with Crippen molar-refractivity contribution >= 4 is 28.6 Å². The SMILES string of the molecule is COC(c1ccccc1)c1nc2cc(F)c(F)cc2n1C(C(=O)Nc1ccc(C(=O)O)cc1)C1CCCCC1. The molecule has 0 radical (unpaired) electrons. The van der Waals surface area contributed by atoms with Gasteiger partial charge < -0.3 is 19.7 Å². The summed E-state index contributed by atoms with van der Waals surface area (Å²) >= 11 is 0. The number of hydrogen-bond donors (Lipinski definition) is 2. The van der Waals surface area contributed by atoms with Crippen molar-refractivity contribution in [1.82, 2.24) is 9.55 Å². The molecule has 1 aliphatic rings. The lowest BCUT2D eigenvalue weighted by molar-refractivity contribution is -0.121. The number of anilines is 1. The zero-order chi connectivity index (χ0) is 27.5. The van der Waals surface area contributed by atoms with Crippen LogP contribution in [0.15, 0.2) is 66.7 Å². The molecule has 5 rings (SSSR count). The maximum Gasteiger partial charge on any atom is 0.335 e. The highest BCUT2D eigenvalue weighted by Gasteiger charge is 2.36. The van der Waals surface area contributed by atoms with Gasteiger partial charge in [0.2, 0.25) is 5.91 Å². The van der Waals surface area contributed by atoms with E-state index in [1.54, 1.807) is 4.57 Å². The van der Waals surface area contributed by atoms with Crippen molar-refractivity contribution in [2.75, 3.05) is 12.4 Å². The summed E-state index contributed by atoms with van der Waals surface area (Å²) in [4.78, 5) is 30.0. The standard InChI is InChI=1S/C30H29F2N3O4/c1-39-27(19-10-6-3-7-11-19)28-34-24-16-22(31)23(32)17-25(24)35(28)26(18-8-4-2-5-9-18)29(36)33-21-14-12-20(13-15-21)30(37)38/h3,6-7,10-18,26-27H,2,4-5,8-9H2,1H3,(H,33,36)(H,37,38). The molecule has 9 heteroatoms. The van der Waals surface area contributed by atoms with Crippen LogP contribution in [0.2, 0.25) is 0 Å². The van der Waals surface area contributed by atoms with Crippen molar-refractivity contribution in [3.05, 3.63) is 95.3 Å². The summed E-state index contributed by atoms with van der Waals surface area (Å²) in [6.07, 6.45) is 3.81. The second-order valence-electron chi connectivity index (χ2n) is 9.84. The number of carboxylic acids is 1. The lowest BCUT2D eigenvalue weighted by Gasteiger charge is -2.33. The van der Waals surface area contributed by atoms with Gasteiger partial charge in [-0.3, -0.25) is 4.79 Å². The number of nitrogens with one attached hydrogen (secondary N) is 1. The van der Waals surface area contributed by atoms with Gasteiger partial charge in [-0.05, 0) is 48.6 Å². The second kappa shape index (κ2) is 11.3. The van der Waals surface area contributed by atoms with E-state index in [-0.39, 0.29) is 22.9 Å². The van der Waals surface area contributed by atoms with E-state index in [1.165, 1.54) is 31.4 Å². The van der Waals surface area contributed by atoms with Gasteiger partial charge in [0.25, 0.3) is 0 Å². The molecule has 1 heterocycles. The zero-order valence-electron chi connectivity index (χ0n) is 21.4. The molecule has 2 N–H and O–H groups in total. The number of methoxy groups -OCH3 is 1. The Kier molecular flexibility index (Phi) is 7.70. The fourth-order valence-electron chi connectivity index (χ4n) is 5.51. The highest BCUT2D eigenvalue weighted by molar-refractivity contribution is 5.96. The smallest absolute Gasteiger partial charge is 0.335 e. The van der Waals surface area contributed by atoms with Crippen molar-refractivity contribution in [1.29, 1.82) is 0 Å². The third kappa shape index (κ3) is 5.40. The van der Waals surface area contributed by atoms with Crippen LogP contribution in [0, 0.1) is 17.6 Å². The quantitative estimate of drug-likeness (QED) is 0.269. The number of amides is 1. The summed E-state index contributed by atoms with van der Waals surface area (Å²) in [7, 11) is 1.53. The molecule has 1 aromatic heterocycles. The first-order valence-corrected chi connectivity index (χ1v) is 13.0. The number of nitrogens with zero attached hydrogens (tertiary/aromatic N) is 2. The lowest BCUT2D eigenvalue weighted by atomic mass is 9.83. The molecule has 0 saturated heterocycles. The van der Waals surface area contributed by atoms with Gasteiger partial charge in [0.15, 0.2) is 11.6 Å². The number of ether oxygens (including phenoxy) is 1. The predicted molar refractivity (Wildman–Crippen MR) is 143 cm³/mol. The first-order valence-electron chi connectivity index (χ1n) is 13.0. The minimum atomic E-state index is -1.07. The van der Waals surface area contributed by atoms with Crippen LogP contribution in [0.4, 0.5) is 14.5 Å². The van der Waals surface area contributed by atoms with E-state index in [9.17, 15) is 23.5 Å². The summed E-state index contributed by atoms with van der Waals surface area (Å²) in [6, 6.07) is 16.6. The number of carboxylic acid groups (broad SMARTS) is 1. The Bertz CT molecular complexity index is 1480. The molecular formula is C30H29F2N3O4. The number of carbonyl (C=O) groups excluding carboxylic acids is 1. The van der Waals surface area contributed by atoms with Crippen molar-refractivity contribution < 1.29 is 28.2 Å². The second-order valence-corrected chi connectivity index (χ2v) is 9.84. The molecule has 1 fully saturated rings.